The molecule has 1 aliphatic heterocycles. The van der Waals surface area contributed by atoms with Gasteiger partial charge in [-0.25, -0.2) is 9.97 Å². The van der Waals surface area contributed by atoms with Crippen LogP contribution in [0.3, 0.4) is 0 Å². The number of imidazole rings is 1. The van der Waals surface area contributed by atoms with E-state index in [1.807, 2.05) is 78.2 Å². The fourth-order valence-electron chi connectivity index (χ4n) is 4.43. The minimum Gasteiger partial charge on any atom is -0.311 e. The standard InChI is InChI=1S/C23H22N10/c1-4-18-22-29-28-15(2)32(22)19-13-25-23(27-21(19)33(18)17-12-26-30(3)14-17)31-11-10-24-20(31)16-8-6-5-7-9-16/h5-14,18H,4H2,1-3H3/t18-/m1/s1. The van der Waals surface area contributed by atoms with Crippen molar-refractivity contribution in [2.24, 2.45) is 7.05 Å². The molecule has 33 heavy (non-hydrogen) atoms. The number of nitrogens with zero attached hydrogens (tertiary/aromatic N) is 10. The third-order valence-electron chi connectivity index (χ3n) is 5.91. The van der Waals surface area contributed by atoms with Crippen LogP contribution in [0.25, 0.3) is 23.0 Å². The zero-order valence-corrected chi connectivity index (χ0v) is 18.5. The lowest BCUT2D eigenvalue weighted by Crippen LogP contribution is -2.32. The average Bonchev–Trinajstić information content (AvgIpc) is 3.58. The van der Waals surface area contributed by atoms with Crippen molar-refractivity contribution in [1.29, 1.82) is 0 Å². The maximum absolute atomic E-state index is 5.05. The van der Waals surface area contributed by atoms with E-state index in [1.54, 1.807) is 10.9 Å². The molecule has 0 N–H and O–H groups in total. The summed E-state index contributed by atoms with van der Waals surface area (Å²) in [4.78, 5) is 16.5. The van der Waals surface area contributed by atoms with Crippen molar-refractivity contribution in [3.05, 3.63) is 73.0 Å². The summed E-state index contributed by atoms with van der Waals surface area (Å²) in [7, 11) is 1.91. The third kappa shape index (κ3) is 2.94. The second-order valence-corrected chi connectivity index (χ2v) is 7.97. The first-order chi connectivity index (χ1) is 16.2. The van der Waals surface area contributed by atoms with Gasteiger partial charge in [0.05, 0.1) is 24.1 Å². The van der Waals surface area contributed by atoms with Gasteiger partial charge in [0.1, 0.15) is 17.3 Å². The van der Waals surface area contributed by atoms with Crippen molar-refractivity contribution in [2.45, 2.75) is 26.3 Å². The molecule has 1 atom stereocenters. The molecule has 0 unspecified atom stereocenters. The van der Waals surface area contributed by atoms with E-state index in [4.69, 9.17) is 9.97 Å². The van der Waals surface area contributed by atoms with E-state index in [1.165, 1.54) is 0 Å². The largest absolute Gasteiger partial charge is 0.311 e. The van der Waals surface area contributed by atoms with E-state index >= 15 is 0 Å². The number of anilines is 2. The lowest BCUT2D eigenvalue weighted by molar-refractivity contribution is 0.586. The van der Waals surface area contributed by atoms with Gasteiger partial charge in [-0.3, -0.25) is 13.8 Å². The van der Waals surface area contributed by atoms with Crippen molar-refractivity contribution in [3.8, 4) is 23.0 Å². The highest BCUT2D eigenvalue weighted by Crippen LogP contribution is 2.43. The van der Waals surface area contributed by atoms with E-state index < -0.39 is 0 Å². The maximum Gasteiger partial charge on any atom is 0.237 e. The van der Waals surface area contributed by atoms with Crippen molar-refractivity contribution in [3.63, 3.8) is 0 Å². The topological polar surface area (TPSA) is 95.4 Å². The Morgan fingerprint density at radius 1 is 1.03 bits per heavy atom. The predicted molar refractivity (Wildman–Crippen MR) is 123 cm³/mol. The molecule has 10 heteroatoms. The molecule has 5 aromatic rings. The number of fused-ring (bicyclic) bond motifs is 3. The number of aromatic nitrogens is 9. The molecule has 164 valence electrons. The quantitative estimate of drug-likeness (QED) is 0.423. The van der Waals surface area contributed by atoms with Crippen molar-refractivity contribution >= 4 is 11.5 Å². The molecule has 1 aliphatic rings. The van der Waals surface area contributed by atoms with Crippen LogP contribution in [-0.2, 0) is 7.05 Å². The zero-order valence-electron chi connectivity index (χ0n) is 18.5. The summed E-state index contributed by atoms with van der Waals surface area (Å²) in [6.07, 6.45) is 10.1. The SMILES string of the molecule is CC[C@@H]1c2nnc(C)n2-c2cnc(-n3ccnc3-c3ccccc3)nc2N1c1cnn(C)c1. The van der Waals surface area contributed by atoms with Crippen LogP contribution in [0.15, 0.2) is 61.3 Å². The highest BCUT2D eigenvalue weighted by atomic mass is 15.4. The van der Waals surface area contributed by atoms with Crippen LogP contribution in [0.5, 0.6) is 0 Å². The van der Waals surface area contributed by atoms with Crippen LogP contribution in [0, 0.1) is 6.92 Å². The Labute approximate surface area is 190 Å². The van der Waals surface area contributed by atoms with Crippen LogP contribution in [0.4, 0.5) is 11.5 Å². The molecule has 0 saturated heterocycles. The van der Waals surface area contributed by atoms with Gasteiger partial charge in [-0.2, -0.15) is 10.1 Å². The Kier molecular flexibility index (Phi) is 4.32. The van der Waals surface area contributed by atoms with Crippen molar-refractivity contribution in [1.82, 2.24) is 44.1 Å². The van der Waals surface area contributed by atoms with Gasteiger partial charge < -0.3 is 4.90 Å². The van der Waals surface area contributed by atoms with E-state index in [0.29, 0.717) is 5.95 Å². The van der Waals surface area contributed by atoms with Crippen LogP contribution in [-0.4, -0.2) is 44.1 Å². The minimum absolute atomic E-state index is 0.0398. The Bertz CT molecular complexity index is 1450. The second kappa shape index (κ2) is 7.37. The van der Waals surface area contributed by atoms with E-state index in [-0.39, 0.29) is 6.04 Å². The van der Waals surface area contributed by atoms with Crippen LogP contribution in [0.1, 0.15) is 31.0 Å². The molecule has 0 saturated carbocycles. The van der Waals surface area contributed by atoms with Gasteiger partial charge in [0.15, 0.2) is 11.6 Å². The molecule has 0 spiro atoms. The first-order valence-corrected chi connectivity index (χ1v) is 10.8. The van der Waals surface area contributed by atoms with Crippen molar-refractivity contribution in [2.75, 3.05) is 4.90 Å². The van der Waals surface area contributed by atoms with E-state index in [9.17, 15) is 0 Å². The lowest BCUT2D eigenvalue weighted by Gasteiger charge is -2.36. The first-order valence-electron chi connectivity index (χ1n) is 10.8. The predicted octanol–water partition coefficient (Wildman–Crippen LogP) is 3.55. The molecule has 6 rings (SSSR count). The highest BCUT2D eigenvalue weighted by molar-refractivity contribution is 5.71. The first kappa shape index (κ1) is 19.4. The summed E-state index contributed by atoms with van der Waals surface area (Å²) in [6, 6.07) is 9.99. The van der Waals surface area contributed by atoms with E-state index in [2.05, 4.69) is 32.1 Å². The molecular weight excluding hydrogens is 416 g/mol. The van der Waals surface area contributed by atoms with Gasteiger partial charge >= 0.3 is 0 Å². The molecule has 4 aromatic heterocycles. The van der Waals surface area contributed by atoms with Crippen molar-refractivity contribution < 1.29 is 0 Å². The fourth-order valence-corrected chi connectivity index (χ4v) is 4.43. The normalized spacial score (nSPS) is 14.9. The number of hydrogen-bond acceptors (Lipinski definition) is 7. The molecule has 0 aliphatic carbocycles. The van der Waals surface area contributed by atoms with Gasteiger partial charge in [-0.05, 0) is 13.3 Å². The number of aryl methyl sites for hydroxylation is 2. The molecular formula is C23H22N10. The Hall–Kier alpha value is -4.34. The monoisotopic (exact) mass is 438 g/mol. The smallest absolute Gasteiger partial charge is 0.237 e. The Morgan fingerprint density at radius 3 is 2.64 bits per heavy atom. The highest BCUT2D eigenvalue weighted by Gasteiger charge is 2.36. The van der Waals surface area contributed by atoms with Crippen LogP contribution >= 0.6 is 0 Å². The third-order valence-corrected chi connectivity index (χ3v) is 5.91. The zero-order chi connectivity index (χ0) is 22.5. The molecule has 1 aromatic carbocycles. The van der Waals surface area contributed by atoms with Crippen LogP contribution < -0.4 is 4.90 Å². The summed E-state index contributed by atoms with van der Waals surface area (Å²) in [5.41, 5.74) is 2.78. The van der Waals surface area contributed by atoms with Gasteiger partial charge in [-0.15, -0.1) is 10.2 Å². The summed E-state index contributed by atoms with van der Waals surface area (Å²) >= 11 is 0. The number of hydrogen-bond donors (Lipinski definition) is 0. The maximum atomic E-state index is 5.05. The summed E-state index contributed by atoms with van der Waals surface area (Å²) in [5, 5.41) is 13.2. The average molecular weight is 438 g/mol. The summed E-state index contributed by atoms with van der Waals surface area (Å²) in [5.74, 6) is 3.79. The Balaban J connectivity index is 1.57. The summed E-state index contributed by atoms with van der Waals surface area (Å²) in [6.45, 7) is 4.09. The summed E-state index contributed by atoms with van der Waals surface area (Å²) < 4.78 is 5.75. The van der Waals surface area contributed by atoms with Gasteiger partial charge in [0.2, 0.25) is 5.95 Å². The van der Waals surface area contributed by atoms with E-state index in [0.717, 1.165) is 46.7 Å². The molecule has 0 fully saturated rings. The lowest BCUT2D eigenvalue weighted by atomic mass is 10.1. The van der Waals surface area contributed by atoms with Crippen LogP contribution in [0.2, 0.25) is 0 Å². The van der Waals surface area contributed by atoms with Gasteiger partial charge in [0.25, 0.3) is 0 Å². The molecule has 0 amide bonds. The second-order valence-electron chi connectivity index (χ2n) is 7.97. The molecule has 5 heterocycles. The molecule has 10 nitrogen and oxygen atoms in total. The number of benzene rings is 1. The minimum atomic E-state index is -0.0398. The Morgan fingerprint density at radius 2 is 1.88 bits per heavy atom. The van der Waals surface area contributed by atoms with Gasteiger partial charge in [0, 0.05) is 31.2 Å². The molecule has 0 bridgehead atoms. The fraction of sp³-hybridized carbons (Fsp3) is 0.217. The van der Waals surface area contributed by atoms with Gasteiger partial charge in [-0.1, -0.05) is 37.3 Å². The number of rotatable bonds is 4. The molecule has 0 radical (unpaired) electrons.